The maximum atomic E-state index is 10.3. The Morgan fingerprint density at radius 3 is 1.64 bits per heavy atom. The lowest BCUT2D eigenvalue weighted by molar-refractivity contribution is 0.283. The molecule has 0 aliphatic rings. The van der Waals surface area contributed by atoms with Gasteiger partial charge in [0.2, 0.25) is 0 Å². The van der Waals surface area contributed by atoms with Gasteiger partial charge in [-0.3, -0.25) is 9.79 Å². The Balaban J connectivity index is 0.000000257. The molecule has 0 aromatic heterocycles. The van der Waals surface area contributed by atoms with Crippen LogP contribution in [0.5, 0.6) is 5.75 Å². The highest BCUT2D eigenvalue weighted by atomic mass is 31.2. The molecule has 5 heteroatoms. The van der Waals surface area contributed by atoms with Crippen molar-refractivity contribution in [2.75, 3.05) is 0 Å². The summed E-state index contributed by atoms with van der Waals surface area (Å²) in [4.78, 5) is 16.7. The minimum Gasteiger partial charge on any atom is -0.404 e. The molecule has 0 atom stereocenters. The van der Waals surface area contributed by atoms with Gasteiger partial charge in [0.15, 0.2) is 0 Å². The molecule has 4 nitrogen and oxygen atoms in total. The Kier molecular flexibility index (Phi) is 10.2. The molecule has 2 rings (SSSR count). The monoisotopic (exact) mass is 364 g/mol. The van der Waals surface area contributed by atoms with Gasteiger partial charge in [-0.25, -0.2) is 4.57 Å². The molecule has 2 N–H and O–H groups in total. The van der Waals surface area contributed by atoms with Gasteiger partial charge in [0.05, 0.1) is 0 Å². The summed E-state index contributed by atoms with van der Waals surface area (Å²) in [5, 5.41) is 0. The van der Waals surface area contributed by atoms with E-state index in [1.54, 1.807) is 29.3 Å². The van der Waals surface area contributed by atoms with Crippen LogP contribution >= 0.6 is 7.82 Å². The zero-order valence-corrected chi connectivity index (χ0v) is 16.0. The number of para-hydroxylation sites is 1. The summed E-state index contributed by atoms with van der Waals surface area (Å²) in [6, 6.07) is 16.9. The summed E-state index contributed by atoms with van der Waals surface area (Å²) in [6.07, 6.45) is 7.75. The lowest BCUT2D eigenvalue weighted by atomic mass is 9.98. The van der Waals surface area contributed by atoms with Crippen LogP contribution < -0.4 is 4.52 Å². The van der Waals surface area contributed by atoms with E-state index >= 15 is 0 Å². The van der Waals surface area contributed by atoms with Crippen LogP contribution in [0, 0.1) is 0 Å². The van der Waals surface area contributed by atoms with Crippen LogP contribution in [0.2, 0.25) is 0 Å². The fourth-order valence-electron chi connectivity index (χ4n) is 2.40. The molecule has 0 heterocycles. The van der Waals surface area contributed by atoms with Crippen molar-refractivity contribution in [3.05, 3.63) is 65.7 Å². The van der Waals surface area contributed by atoms with E-state index in [4.69, 9.17) is 9.79 Å². The van der Waals surface area contributed by atoms with Crippen LogP contribution in [0.4, 0.5) is 0 Å². The van der Waals surface area contributed by atoms with Gasteiger partial charge in [0.1, 0.15) is 5.75 Å². The van der Waals surface area contributed by atoms with Crippen molar-refractivity contribution in [1.29, 1.82) is 0 Å². The molecule has 0 unspecified atom stereocenters. The minimum atomic E-state index is -4.39. The number of phosphoric acid groups is 1. The van der Waals surface area contributed by atoms with E-state index in [1.807, 2.05) is 0 Å². The zero-order chi connectivity index (χ0) is 18.5. The van der Waals surface area contributed by atoms with Gasteiger partial charge in [0.25, 0.3) is 0 Å². The Labute approximate surface area is 151 Å². The molecule has 0 saturated heterocycles. The molecule has 138 valence electrons. The van der Waals surface area contributed by atoms with Crippen LogP contribution in [0.3, 0.4) is 0 Å². The van der Waals surface area contributed by atoms with E-state index in [0.717, 1.165) is 0 Å². The van der Waals surface area contributed by atoms with Gasteiger partial charge in [-0.2, -0.15) is 0 Å². The number of phosphoric ester groups is 1. The lowest BCUT2D eigenvalue weighted by Gasteiger charge is -2.07. The molecule has 2 aromatic carbocycles. The minimum absolute atomic E-state index is 0.167. The lowest BCUT2D eigenvalue weighted by Crippen LogP contribution is -1.94. The van der Waals surface area contributed by atoms with Gasteiger partial charge in [-0.05, 0) is 48.9 Å². The Bertz CT molecular complexity index is 610. The molecule has 0 aliphatic heterocycles. The second-order valence-electron chi connectivity index (χ2n) is 5.87. The average Bonchev–Trinajstić information content (AvgIpc) is 2.59. The molecular weight excluding hydrogens is 335 g/mol. The average molecular weight is 364 g/mol. The predicted molar refractivity (Wildman–Crippen MR) is 103 cm³/mol. The first-order valence-electron chi connectivity index (χ1n) is 8.83. The van der Waals surface area contributed by atoms with E-state index in [2.05, 4.69) is 42.6 Å². The largest absolute Gasteiger partial charge is 0.524 e. The highest BCUT2D eigenvalue weighted by molar-refractivity contribution is 7.46. The highest BCUT2D eigenvalue weighted by Crippen LogP contribution is 2.36. The van der Waals surface area contributed by atoms with Crippen molar-refractivity contribution in [1.82, 2.24) is 0 Å². The third kappa shape index (κ3) is 10.1. The van der Waals surface area contributed by atoms with Crippen LogP contribution in [0.15, 0.2) is 54.6 Å². The molecule has 0 fully saturated rings. The number of benzene rings is 2. The Morgan fingerprint density at radius 1 is 0.800 bits per heavy atom. The molecule has 2 aromatic rings. The number of unbranched alkanes of at least 4 members (excludes halogenated alkanes) is 2. The van der Waals surface area contributed by atoms with E-state index < -0.39 is 7.82 Å². The van der Waals surface area contributed by atoms with E-state index in [1.165, 1.54) is 50.7 Å². The molecule has 0 bridgehead atoms. The Hall–Kier alpha value is -1.61. The van der Waals surface area contributed by atoms with Crippen LogP contribution in [0.1, 0.15) is 50.7 Å². The number of hydrogen-bond acceptors (Lipinski definition) is 2. The second kappa shape index (κ2) is 11.9. The van der Waals surface area contributed by atoms with Crippen LogP contribution in [-0.2, 0) is 17.4 Å². The van der Waals surface area contributed by atoms with Crippen molar-refractivity contribution >= 4 is 7.82 Å². The SMILES string of the molecule is CCCCc1ccccc1CCCC.O=P(O)(O)Oc1ccccc1. The summed E-state index contributed by atoms with van der Waals surface area (Å²) < 4.78 is 14.5. The highest BCUT2D eigenvalue weighted by Gasteiger charge is 2.14. The molecule has 25 heavy (non-hydrogen) atoms. The van der Waals surface area contributed by atoms with Crippen molar-refractivity contribution in [2.45, 2.75) is 52.4 Å². The first-order chi connectivity index (χ1) is 12.0. The van der Waals surface area contributed by atoms with Crippen LogP contribution in [-0.4, -0.2) is 9.79 Å². The summed E-state index contributed by atoms with van der Waals surface area (Å²) in [6.45, 7) is 4.52. The van der Waals surface area contributed by atoms with Gasteiger partial charge in [-0.1, -0.05) is 69.2 Å². The summed E-state index contributed by atoms with van der Waals surface area (Å²) >= 11 is 0. The van der Waals surface area contributed by atoms with Crippen molar-refractivity contribution in [3.8, 4) is 5.75 Å². The first-order valence-corrected chi connectivity index (χ1v) is 10.4. The van der Waals surface area contributed by atoms with E-state index in [9.17, 15) is 4.57 Å². The summed E-state index contributed by atoms with van der Waals surface area (Å²) in [5.74, 6) is 0.167. The zero-order valence-electron chi connectivity index (χ0n) is 15.1. The quantitative estimate of drug-likeness (QED) is 0.604. The topological polar surface area (TPSA) is 66.8 Å². The molecular formula is C20H29O4P. The van der Waals surface area contributed by atoms with Crippen molar-refractivity contribution < 1.29 is 18.9 Å². The smallest absolute Gasteiger partial charge is 0.404 e. The predicted octanol–water partition coefficient (Wildman–Crippen LogP) is 5.53. The number of hydrogen-bond donors (Lipinski definition) is 2. The van der Waals surface area contributed by atoms with Gasteiger partial charge in [-0.15, -0.1) is 0 Å². The van der Waals surface area contributed by atoms with E-state index in [0.29, 0.717) is 0 Å². The fourth-order valence-corrected chi connectivity index (χ4v) is 2.79. The third-order valence-electron chi connectivity index (χ3n) is 3.69. The van der Waals surface area contributed by atoms with Crippen molar-refractivity contribution in [2.24, 2.45) is 0 Å². The molecule has 0 spiro atoms. The van der Waals surface area contributed by atoms with Crippen molar-refractivity contribution in [3.63, 3.8) is 0 Å². The summed E-state index contributed by atoms with van der Waals surface area (Å²) in [5.41, 5.74) is 3.14. The first kappa shape index (κ1) is 21.4. The third-order valence-corrected chi connectivity index (χ3v) is 4.13. The fraction of sp³-hybridized carbons (Fsp3) is 0.400. The molecule has 0 radical (unpaired) electrons. The normalized spacial score (nSPS) is 10.7. The Morgan fingerprint density at radius 2 is 1.24 bits per heavy atom. The molecule has 0 amide bonds. The van der Waals surface area contributed by atoms with Gasteiger partial charge < -0.3 is 4.52 Å². The van der Waals surface area contributed by atoms with Gasteiger partial charge >= 0.3 is 7.82 Å². The van der Waals surface area contributed by atoms with Gasteiger partial charge in [0, 0.05) is 0 Å². The van der Waals surface area contributed by atoms with Crippen LogP contribution in [0.25, 0.3) is 0 Å². The maximum absolute atomic E-state index is 10.3. The second-order valence-corrected chi connectivity index (χ2v) is 7.03. The number of aryl methyl sites for hydroxylation is 2. The molecule has 0 saturated carbocycles. The standard InChI is InChI=1S/C14H22.C6H7O4P/c1-3-5-9-13-11-7-8-12-14(13)10-6-4-2;7-11(8,9)10-6-4-2-1-3-5-6/h7-8,11-12H,3-6,9-10H2,1-2H3;1-5H,(H2,7,8,9). The summed E-state index contributed by atoms with van der Waals surface area (Å²) in [7, 11) is -4.39. The molecule has 0 aliphatic carbocycles. The number of rotatable bonds is 8. The van der Waals surface area contributed by atoms with E-state index in [-0.39, 0.29) is 5.75 Å². The maximum Gasteiger partial charge on any atom is 0.524 e.